The van der Waals surface area contributed by atoms with E-state index in [4.69, 9.17) is 9.47 Å². The molecule has 1 saturated carbocycles. The largest absolute Gasteiger partial charge is 0.377 e. The van der Waals surface area contributed by atoms with Crippen molar-refractivity contribution in [2.75, 3.05) is 13.2 Å². The van der Waals surface area contributed by atoms with Crippen molar-refractivity contribution in [3.63, 3.8) is 0 Å². The number of hydrogen-bond donors (Lipinski definition) is 0. The Morgan fingerprint density at radius 1 is 0.625 bits per heavy atom. The van der Waals surface area contributed by atoms with E-state index in [1.807, 2.05) is 0 Å². The molecule has 0 radical (unpaired) electrons. The standard InChI is InChI=1S/C38H56O2/c1-35-26-29-38(32-35,27-18-8-4-2-6-10-20-30-39-33-36-22-14-12-15-23-36)28-19-9-5-3-7-11-21-31-40-34-37-24-16-13-17-25-37/h12-19,22-25,27-28,35H,2-11,20-21,26,29-34H2,1H3/b27-18-,28-19-. The van der Waals surface area contributed by atoms with Crippen LogP contribution in [0.5, 0.6) is 0 Å². The molecule has 0 spiro atoms. The van der Waals surface area contributed by atoms with Gasteiger partial charge in [0.1, 0.15) is 0 Å². The number of ether oxygens (including phenoxy) is 2. The lowest BCUT2D eigenvalue weighted by atomic mass is 9.83. The van der Waals surface area contributed by atoms with Crippen molar-refractivity contribution >= 4 is 0 Å². The molecule has 0 aliphatic heterocycles. The summed E-state index contributed by atoms with van der Waals surface area (Å²) in [5.74, 6) is 0.850. The van der Waals surface area contributed by atoms with Crippen molar-refractivity contribution in [2.45, 2.75) is 116 Å². The van der Waals surface area contributed by atoms with Crippen LogP contribution in [0.15, 0.2) is 85.0 Å². The molecule has 0 N–H and O–H groups in total. The summed E-state index contributed by atoms with van der Waals surface area (Å²) in [5, 5.41) is 0. The van der Waals surface area contributed by atoms with E-state index in [0.717, 1.165) is 32.3 Å². The number of benzene rings is 2. The number of unbranched alkanes of at least 4 members (excludes halogenated alkanes) is 10. The summed E-state index contributed by atoms with van der Waals surface area (Å²) in [5.41, 5.74) is 2.86. The number of allylic oxidation sites excluding steroid dienone is 4. The third kappa shape index (κ3) is 14.5. The van der Waals surface area contributed by atoms with Crippen molar-refractivity contribution in [3.05, 3.63) is 96.1 Å². The van der Waals surface area contributed by atoms with Gasteiger partial charge in [-0.1, -0.05) is 130 Å². The molecule has 2 nitrogen and oxygen atoms in total. The molecule has 1 unspecified atom stereocenters. The first-order valence-corrected chi connectivity index (χ1v) is 16.3. The zero-order chi connectivity index (χ0) is 28.0. The van der Waals surface area contributed by atoms with E-state index < -0.39 is 0 Å². The SMILES string of the molecule is CC1CCC(/C=C\CCCCCCCOCc2ccccc2)(/C=C\CCCCCCCOCc2ccccc2)C1. The van der Waals surface area contributed by atoms with Gasteiger partial charge >= 0.3 is 0 Å². The lowest BCUT2D eigenvalue weighted by Crippen LogP contribution is -2.09. The van der Waals surface area contributed by atoms with Crippen molar-refractivity contribution in [1.29, 1.82) is 0 Å². The fraction of sp³-hybridized carbons (Fsp3) is 0.579. The van der Waals surface area contributed by atoms with Gasteiger partial charge in [0.2, 0.25) is 0 Å². The molecule has 1 fully saturated rings. The Labute approximate surface area is 246 Å². The van der Waals surface area contributed by atoms with Crippen LogP contribution in [0.25, 0.3) is 0 Å². The highest BCUT2D eigenvalue weighted by molar-refractivity contribution is 5.15. The molecule has 2 aromatic carbocycles. The van der Waals surface area contributed by atoms with Gasteiger partial charge in [0.25, 0.3) is 0 Å². The molecule has 0 heterocycles. The molecule has 3 rings (SSSR count). The summed E-state index contributed by atoms with van der Waals surface area (Å²) >= 11 is 0. The van der Waals surface area contributed by atoms with Gasteiger partial charge in [-0.2, -0.15) is 0 Å². The van der Waals surface area contributed by atoms with Crippen molar-refractivity contribution in [2.24, 2.45) is 11.3 Å². The fourth-order valence-electron chi connectivity index (χ4n) is 5.88. The van der Waals surface area contributed by atoms with E-state index in [1.165, 1.54) is 107 Å². The maximum Gasteiger partial charge on any atom is 0.0716 e. The minimum atomic E-state index is 0.325. The highest BCUT2D eigenvalue weighted by Gasteiger charge is 2.32. The van der Waals surface area contributed by atoms with Gasteiger partial charge in [0, 0.05) is 18.6 Å². The predicted octanol–water partition coefficient (Wildman–Crippen LogP) is 11.0. The van der Waals surface area contributed by atoms with Crippen molar-refractivity contribution < 1.29 is 9.47 Å². The third-order valence-corrected chi connectivity index (χ3v) is 8.27. The normalized spacial score (nSPS) is 16.9. The van der Waals surface area contributed by atoms with Gasteiger partial charge in [-0.3, -0.25) is 0 Å². The smallest absolute Gasteiger partial charge is 0.0716 e. The van der Waals surface area contributed by atoms with E-state index in [9.17, 15) is 0 Å². The second-order valence-electron chi connectivity index (χ2n) is 12.1. The monoisotopic (exact) mass is 544 g/mol. The molecular weight excluding hydrogens is 488 g/mol. The summed E-state index contributed by atoms with van der Waals surface area (Å²) in [6.45, 7) is 5.67. The average Bonchev–Trinajstić information content (AvgIpc) is 3.36. The third-order valence-electron chi connectivity index (χ3n) is 8.27. The molecule has 220 valence electrons. The highest BCUT2D eigenvalue weighted by Crippen LogP contribution is 2.44. The van der Waals surface area contributed by atoms with Gasteiger partial charge in [-0.15, -0.1) is 0 Å². The topological polar surface area (TPSA) is 18.5 Å². The molecule has 1 atom stereocenters. The Morgan fingerprint density at radius 3 is 1.52 bits per heavy atom. The van der Waals surface area contributed by atoms with Gasteiger partial charge in [0.05, 0.1) is 13.2 Å². The maximum absolute atomic E-state index is 5.81. The zero-order valence-corrected chi connectivity index (χ0v) is 25.4. The van der Waals surface area contributed by atoms with E-state index in [2.05, 4.69) is 91.9 Å². The Bertz CT molecular complexity index is 850. The van der Waals surface area contributed by atoms with Crippen LogP contribution in [0, 0.1) is 11.3 Å². The van der Waals surface area contributed by atoms with Crippen LogP contribution in [0.4, 0.5) is 0 Å². The maximum atomic E-state index is 5.81. The van der Waals surface area contributed by atoms with E-state index in [1.54, 1.807) is 0 Å². The first-order valence-electron chi connectivity index (χ1n) is 16.3. The second-order valence-corrected chi connectivity index (χ2v) is 12.1. The van der Waals surface area contributed by atoms with Crippen LogP contribution in [0.2, 0.25) is 0 Å². The van der Waals surface area contributed by atoms with Crippen LogP contribution in [0.3, 0.4) is 0 Å². The Balaban J connectivity index is 1.17. The van der Waals surface area contributed by atoms with Crippen molar-refractivity contribution in [3.8, 4) is 0 Å². The number of hydrogen-bond acceptors (Lipinski definition) is 2. The summed E-state index contributed by atoms with van der Waals surface area (Å²) in [6.07, 6.45) is 29.5. The first kappa shape index (κ1) is 32.4. The predicted molar refractivity (Wildman–Crippen MR) is 171 cm³/mol. The van der Waals surface area contributed by atoms with Gasteiger partial charge in [-0.25, -0.2) is 0 Å². The summed E-state index contributed by atoms with van der Waals surface area (Å²) < 4.78 is 11.6. The molecule has 0 amide bonds. The fourth-order valence-corrected chi connectivity index (χ4v) is 5.88. The van der Waals surface area contributed by atoms with Gasteiger partial charge < -0.3 is 9.47 Å². The Kier molecular flexibility index (Phi) is 16.7. The second kappa shape index (κ2) is 20.7. The molecule has 1 aliphatic carbocycles. The molecular formula is C38H56O2. The molecule has 2 heteroatoms. The minimum Gasteiger partial charge on any atom is -0.377 e. The lowest BCUT2D eigenvalue weighted by Gasteiger charge is -2.21. The lowest BCUT2D eigenvalue weighted by molar-refractivity contribution is 0.116. The van der Waals surface area contributed by atoms with E-state index in [-0.39, 0.29) is 0 Å². The van der Waals surface area contributed by atoms with E-state index in [0.29, 0.717) is 5.41 Å². The summed E-state index contributed by atoms with van der Waals surface area (Å²) in [6, 6.07) is 21.0. The average molecular weight is 545 g/mol. The highest BCUT2D eigenvalue weighted by atomic mass is 16.5. The van der Waals surface area contributed by atoms with Crippen LogP contribution in [0.1, 0.15) is 114 Å². The minimum absolute atomic E-state index is 0.325. The molecule has 0 saturated heterocycles. The number of rotatable bonds is 22. The zero-order valence-electron chi connectivity index (χ0n) is 25.4. The van der Waals surface area contributed by atoms with Crippen LogP contribution < -0.4 is 0 Å². The van der Waals surface area contributed by atoms with Crippen LogP contribution in [-0.2, 0) is 22.7 Å². The summed E-state index contributed by atoms with van der Waals surface area (Å²) in [7, 11) is 0. The van der Waals surface area contributed by atoms with Crippen LogP contribution >= 0.6 is 0 Å². The van der Waals surface area contributed by atoms with E-state index >= 15 is 0 Å². The van der Waals surface area contributed by atoms with Gasteiger partial charge in [0.15, 0.2) is 0 Å². The first-order chi connectivity index (χ1) is 19.8. The van der Waals surface area contributed by atoms with Crippen LogP contribution in [-0.4, -0.2) is 13.2 Å². The Hall–Kier alpha value is -2.16. The Morgan fingerprint density at radius 2 is 1.07 bits per heavy atom. The molecule has 0 bridgehead atoms. The molecule has 2 aromatic rings. The van der Waals surface area contributed by atoms with Gasteiger partial charge in [-0.05, 0) is 74.8 Å². The summed E-state index contributed by atoms with van der Waals surface area (Å²) in [4.78, 5) is 0. The quantitative estimate of drug-likeness (QED) is 0.108. The molecule has 40 heavy (non-hydrogen) atoms. The molecule has 1 aliphatic rings. The van der Waals surface area contributed by atoms with Crippen molar-refractivity contribution in [1.82, 2.24) is 0 Å². The molecule has 0 aromatic heterocycles.